The summed E-state index contributed by atoms with van der Waals surface area (Å²) in [5.74, 6) is -1.41. The molecule has 1 aliphatic carbocycles. The van der Waals surface area contributed by atoms with Crippen LogP contribution in [0.15, 0.2) is 48.5 Å². The fraction of sp³-hybridized carbons (Fsp3) is 0.543. The number of hydrogen-bond acceptors (Lipinski definition) is 8. The largest absolute Gasteiger partial charge is 0.508 e. The number of alkyl carbamates (subject to hydrolysis) is 1. The van der Waals surface area contributed by atoms with Gasteiger partial charge in [0.2, 0.25) is 5.91 Å². The molecule has 0 aromatic heterocycles. The van der Waals surface area contributed by atoms with Crippen LogP contribution in [0.5, 0.6) is 5.75 Å². The molecule has 2 aromatic rings. The maximum atomic E-state index is 13.7. The Morgan fingerprint density at radius 3 is 2.11 bits per heavy atom. The number of aromatic hydroxyl groups is 1. The molecule has 0 unspecified atom stereocenters. The number of amides is 2. The number of benzene rings is 2. The first-order valence-electron chi connectivity index (χ1n) is 15.6. The summed E-state index contributed by atoms with van der Waals surface area (Å²) in [4.78, 5) is 52.3. The lowest BCUT2D eigenvalue weighted by molar-refractivity contribution is -0.159. The van der Waals surface area contributed by atoms with Crippen LogP contribution in [0.1, 0.15) is 103 Å². The summed E-state index contributed by atoms with van der Waals surface area (Å²) in [6, 6.07) is 12.0. The maximum Gasteiger partial charge on any atom is 0.408 e. The van der Waals surface area contributed by atoms with Gasteiger partial charge in [-0.15, -0.1) is 0 Å². The number of esters is 2. The summed E-state index contributed by atoms with van der Waals surface area (Å²) < 4.78 is 16.3. The van der Waals surface area contributed by atoms with E-state index in [1.165, 1.54) is 0 Å². The number of phenolic OH excluding ortho intramolecular Hbond substituents is 1. The quantitative estimate of drug-likeness (QED) is 0.198. The Morgan fingerprint density at radius 2 is 1.49 bits per heavy atom. The number of rotatable bonds is 12. The second-order valence-electron chi connectivity index (χ2n) is 13.6. The second-order valence-corrected chi connectivity index (χ2v) is 13.6. The predicted octanol–water partition coefficient (Wildman–Crippen LogP) is 5.84. The van der Waals surface area contributed by atoms with Crippen LogP contribution in [-0.2, 0) is 41.6 Å². The highest BCUT2D eigenvalue weighted by Gasteiger charge is 2.32. The van der Waals surface area contributed by atoms with Gasteiger partial charge in [-0.25, -0.2) is 9.59 Å². The van der Waals surface area contributed by atoms with Crippen molar-refractivity contribution in [1.29, 1.82) is 0 Å². The van der Waals surface area contributed by atoms with Crippen LogP contribution in [0.3, 0.4) is 0 Å². The topological polar surface area (TPSA) is 140 Å². The molecule has 45 heavy (non-hydrogen) atoms. The second kappa shape index (κ2) is 15.8. The number of ether oxygens (including phenoxy) is 3. The van der Waals surface area contributed by atoms with E-state index in [0.717, 1.165) is 42.4 Å². The fourth-order valence-electron chi connectivity index (χ4n) is 5.20. The molecular weight excluding hydrogens is 576 g/mol. The normalized spacial score (nSPS) is 15.1. The van der Waals surface area contributed by atoms with Gasteiger partial charge < -0.3 is 30.0 Å². The summed E-state index contributed by atoms with van der Waals surface area (Å²) in [5.41, 5.74) is 0.793. The highest BCUT2D eigenvalue weighted by Crippen LogP contribution is 2.38. The van der Waals surface area contributed by atoms with Gasteiger partial charge in [0.1, 0.15) is 35.6 Å². The zero-order valence-corrected chi connectivity index (χ0v) is 27.3. The average molecular weight is 625 g/mol. The van der Waals surface area contributed by atoms with Crippen molar-refractivity contribution in [2.45, 2.75) is 122 Å². The Bertz CT molecular complexity index is 1310. The van der Waals surface area contributed by atoms with E-state index >= 15 is 0 Å². The summed E-state index contributed by atoms with van der Waals surface area (Å²) >= 11 is 0. The van der Waals surface area contributed by atoms with Gasteiger partial charge in [0.25, 0.3) is 0 Å². The van der Waals surface area contributed by atoms with Crippen molar-refractivity contribution in [3.63, 3.8) is 0 Å². The maximum absolute atomic E-state index is 13.7. The van der Waals surface area contributed by atoms with E-state index in [4.69, 9.17) is 14.2 Å². The van der Waals surface area contributed by atoms with Crippen LogP contribution >= 0.6 is 0 Å². The van der Waals surface area contributed by atoms with Crippen molar-refractivity contribution in [2.75, 3.05) is 0 Å². The van der Waals surface area contributed by atoms with Gasteiger partial charge in [0.05, 0.1) is 0 Å². The molecule has 246 valence electrons. The minimum absolute atomic E-state index is 0.0161. The average Bonchev–Trinajstić information content (AvgIpc) is 3.48. The van der Waals surface area contributed by atoms with Crippen molar-refractivity contribution in [2.24, 2.45) is 0 Å². The van der Waals surface area contributed by atoms with Crippen molar-refractivity contribution in [1.82, 2.24) is 10.6 Å². The molecule has 0 radical (unpaired) electrons. The van der Waals surface area contributed by atoms with E-state index in [1.807, 2.05) is 24.3 Å². The molecule has 0 spiro atoms. The molecule has 0 heterocycles. The molecule has 0 bridgehead atoms. The minimum Gasteiger partial charge on any atom is -0.508 e. The zero-order chi connectivity index (χ0) is 33.2. The Hall–Kier alpha value is -4.08. The Kier molecular flexibility index (Phi) is 12.4. The predicted molar refractivity (Wildman–Crippen MR) is 169 cm³/mol. The zero-order valence-electron chi connectivity index (χ0n) is 27.3. The van der Waals surface area contributed by atoms with Gasteiger partial charge in [-0.2, -0.15) is 0 Å². The van der Waals surface area contributed by atoms with Crippen molar-refractivity contribution in [3.8, 4) is 5.75 Å². The highest BCUT2D eigenvalue weighted by molar-refractivity contribution is 5.90. The van der Waals surface area contributed by atoms with E-state index < -0.39 is 47.2 Å². The van der Waals surface area contributed by atoms with Gasteiger partial charge in [-0.1, -0.05) is 55.3 Å². The van der Waals surface area contributed by atoms with Gasteiger partial charge >= 0.3 is 18.0 Å². The standard InChI is InChI=1S/C35H48N2O8/c1-34(2,3)44-30(39)19-17-27(37-33(42)43-22-23-12-8-7-9-13-23)31(40)36-28(32(41)45-35(4,5)6)21-24-16-18-29(38)26(20-24)25-14-10-11-15-25/h7-9,12-13,16,18,20,25,27-28,38H,10-11,14-15,17,19,21-22H2,1-6H3,(H,36,40)(H,37,42)/t27-,28-/m0/s1. The lowest BCUT2D eigenvalue weighted by atomic mass is 9.93. The lowest BCUT2D eigenvalue weighted by Crippen LogP contribution is -2.53. The van der Waals surface area contributed by atoms with Crippen LogP contribution in [0, 0.1) is 0 Å². The third kappa shape index (κ3) is 12.4. The SMILES string of the molecule is CC(C)(C)OC(=O)CC[C@H](NC(=O)OCc1ccccc1)C(=O)N[C@@H](Cc1ccc(O)c(C2CCCC2)c1)C(=O)OC(C)(C)C. The number of carbonyl (C=O) groups is 4. The molecule has 0 aliphatic heterocycles. The third-order valence-electron chi connectivity index (χ3n) is 7.21. The summed E-state index contributed by atoms with van der Waals surface area (Å²) in [7, 11) is 0. The first-order valence-corrected chi connectivity index (χ1v) is 15.6. The van der Waals surface area contributed by atoms with Crippen molar-refractivity contribution >= 4 is 23.9 Å². The van der Waals surface area contributed by atoms with E-state index in [9.17, 15) is 24.3 Å². The molecule has 0 saturated heterocycles. The van der Waals surface area contributed by atoms with Crippen LogP contribution in [-0.4, -0.2) is 52.3 Å². The van der Waals surface area contributed by atoms with Crippen LogP contribution in [0.2, 0.25) is 0 Å². The smallest absolute Gasteiger partial charge is 0.408 e. The molecule has 3 N–H and O–H groups in total. The minimum atomic E-state index is -1.21. The Labute approximate surface area is 266 Å². The summed E-state index contributed by atoms with van der Waals surface area (Å²) in [6.45, 7) is 10.4. The number of hydrogen-bond donors (Lipinski definition) is 3. The van der Waals surface area contributed by atoms with Gasteiger partial charge in [-0.05, 0) is 89.5 Å². The molecule has 1 aliphatic rings. The molecule has 10 heteroatoms. The van der Waals surface area contributed by atoms with Crippen molar-refractivity contribution < 1.29 is 38.5 Å². The Balaban J connectivity index is 1.80. The third-order valence-corrected chi connectivity index (χ3v) is 7.21. The van der Waals surface area contributed by atoms with E-state index in [0.29, 0.717) is 0 Å². The molecule has 10 nitrogen and oxygen atoms in total. The fourth-order valence-corrected chi connectivity index (χ4v) is 5.20. The van der Waals surface area contributed by atoms with Gasteiger partial charge in [0.15, 0.2) is 0 Å². The Morgan fingerprint density at radius 1 is 0.844 bits per heavy atom. The first kappa shape index (κ1) is 35.4. The molecular formula is C35H48N2O8. The summed E-state index contributed by atoms with van der Waals surface area (Å²) in [6.07, 6.45) is 3.15. The first-order chi connectivity index (χ1) is 21.1. The molecule has 1 fully saturated rings. The molecule has 2 atom stereocenters. The highest BCUT2D eigenvalue weighted by atomic mass is 16.6. The van der Waals surface area contributed by atoms with Gasteiger partial charge in [-0.3, -0.25) is 9.59 Å². The van der Waals surface area contributed by atoms with E-state index in [1.54, 1.807) is 65.8 Å². The lowest BCUT2D eigenvalue weighted by Gasteiger charge is -2.27. The monoisotopic (exact) mass is 624 g/mol. The number of nitrogens with one attached hydrogen (secondary N) is 2. The molecule has 2 amide bonds. The van der Waals surface area contributed by atoms with Crippen LogP contribution in [0.25, 0.3) is 0 Å². The molecule has 2 aromatic carbocycles. The molecule has 1 saturated carbocycles. The molecule has 3 rings (SSSR count). The van der Waals surface area contributed by atoms with E-state index in [-0.39, 0.29) is 37.5 Å². The summed E-state index contributed by atoms with van der Waals surface area (Å²) in [5, 5.41) is 15.8. The van der Waals surface area contributed by atoms with Crippen molar-refractivity contribution in [3.05, 3.63) is 65.2 Å². The number of phenols is 1. The van der Waals surface area contributed by atoms with Gasteiger partial charge in [0, 0.05) is 12.8 Å². The van der Waals surface area contributed by atoms with Crippen LogP contribution in [0.4, 0.5) is 4.79 Å². The van der Waals surface area contributed by atoms with E-state index in [2.05, 4.69) is 10.6 Å². The number of carbonyl (C=O) groups excluding carboxylic acids is 4. The van der Waals surface area contributed by atoms with Crippen LogP contribution < -0.4 is 10.6 Å².